The largest absolute Gasteiger partial charge is 0.366 e. The highest BCUT2D eigenvalue weighted by Gasteiger charge is 2.04. The van der Waals surface area contributed by atoms with Crippen LogP contribution in [-0.4, -0.2) is 11.2 Å². The normalized spacial score (nSPS) is 12.5. The van der Waals surface area contributed by atoms with E-state index in [1.807, 2.05) is 0 Å². The molecule has 0 radical (unpaired) electrons. The number of hydrogen-bond acceptors (Lipinski definition) is 2. The SMILES string of the molecule is C=C(CCCC(S)CCC)C(N)=O. The molecule has 1 unspecified atom stereocenters. The van der Waals surface area contributed by atoms with Crippen LogP contribution in [0.5, 0.6) is 0 Å². The Hall–Kier alpha value is -0.440. The van der Waals surface area contributed by atoms with E-state index in [1.54, 1.807) is 0 Å². The van der Waals surface area contributed by atoms with Crippen molar-refractivity contribution in [3.8, 4) is 0 Å². The van der Waals surface area contributed by atoms with Crippen LogP contribution < -0.4 is 5.73 Å². The molecule has 0 rings (SSSR count). The number of carbonyl (C=O) groups is 1. The summed E-state index contributed by atoms with van der Waals surface area (Å²) in [6, 6.07) is 0. The molecule has 0 heterocycles. The fourth-order valence-corrected chi connectivity index (χ4v) is 1.59. The number of nitrogens with two attached hydrogens (primary N) is 1. The molecule has 1 amide bonds. The third-order valence-electron chi connectivity index (χ3n) is 1.99. The minimum Gasteiger partial charge on any atom is -0.366 e. The van der Waals surface area contributed by atoms with Crippen LogP contribution in [0.4, 0.5) is 0 Å². The quantitative estimate of drug-likeness (QED) is 0.482. The van der Waals surface area contributed by atoms with Crippen LogP contribution in [0.25, 0.3) is 0 Å². The predicted octanol–water partition coefficient (Wildman–Crippen LogP) is 2.30. The number of rotatable bonds is 7. The van der Waals surface area contributed by atoms with E-state index in [4.69, 9.17) is 5.73 Å². The van der Waals surface area contributed by atoms with Gasteiger partial charge in [-0.2, -0.15) is 12.6 Å². The van der Waals surface area contributed by atoms with Gasteiger partial charge in [0.15, 0.2) is 0 Å². The molecule has 76 valence electrons. The van der Waals surface area contributed by atoms with Gasteiger partial charge in [-0.3, -0.25) is 4.79 Å². The Morgan fingerprint density at radius 2 is 2.15 bits per heavy atom. The number of thiol groups is 1. The summed E-state index contributed by atoms with van der Waals surface area (Å²) in [6.45, 7) is 5.74. The summed E-state index contributed by atoms with van der Waals surface area (Å²) in [6.07, 6.45) is 4.98. The first-order chi connectivity index (χ1) is 6.07. The van der Waals surface area contributed by atoms with Gasteiger partial charge < -0.3 is 5.73 Å². The van der Waals surface area contributed by atoms with Gasteiger partial charge in [-0.1, -0.05) is 19.9 Å². The van der Waals surface area contributed by atoms with Gasteiger partial charge in [0.1, 0.15) is 0 Å². The van der Waals surface area contributed by atoms with Gasteiger partial charge in [-0.15, -0.1) is 0 Å². The van der Waals surface area contributed by atoms with Gasteiger partial charge in [0.05, 0.1) is 0 Å². The van der Waals surface area contributed by atoms with Crippen LogP contribution in [0.3, 0.4) is 0 Å². The van der Waals surface area contributed by atoms with Gasteiger partial charge in [-0.25, -0.2) is 0 Å². The Labute approximate surface area is 86.0 Å². The molecule has 2 nitrogen and oxygen atoms in total. The number of carbonyl (C=O) groups excluding carboxylic acids is 1. The molecule has 2 N–H and O–H groups in total. The lowest BCUT2D eigenvalue weighted by Crippen LogP contribution is -2.13. The maximum Gasteiger partial charge on any atom is 0.244 e. The van der Waals surface area contributed by atoms with Crippen molar-refractivity contribution >= 4 is 18.5 Å². The van der Waals surface area contributed by atoms with Crippen molar-refractivity contribution in [2.75, 3.05) is 0 Å². The zero-order chi connectivity index (χ0) is 10.3. The standard InChI is InChI=1S/C10H19NOS/c1-3-5-9(13)7-4-6-8(2)10(11)12/h9,13H,2-7H2,1H3,(H2,11,12). The van der Waals surface area contributed by atoms with Crippen LogP contribution >= 0.6 is 12.6 Å². The molecular formula is C10H19NOS. The van der Waals surface area contributed by atoms with Gasteiger partial charge in [-0.05, 0) is 25.7 Å². The number of hydrogen-bond donors (Lipinski definition) is 2. The zero-order valence-corrected chi connectivity index (χ0v) is 9.15. The molecule has 0 aromatic heterocycles. The monoisotopic (exact) mass is 201 g/mol. The minimum atomic E-state index is -0.383. The molecule has 1 atom stereocenters. The lowest BCUT2D eigenvalue weighted by Gasteiger charge is -2.08. The summed E-state index contributed by atoms with van der Waals surface area (Å²) in [5.74, 6) is -0.383. The van der Waals surface area contributed by atoms with Crippen molar-refractivity contribution in [1.82, 2.24) is 0 Å². The van der Waals surface area contributed by atoms with Crippen LogP contribution in [0.15, 0.2) is 12.2 Å². The third kappa shape index (κ3) is 6.70. The molecule has 0 saturated heterocycles. The lowest BCUT2D eigenvalue weighted by atomic mass is 10.1. The van der Waals surface area contributed by atoms with Crippen LogP contribution in [-0.2, 0) is 4.79 Å². The maximum absolute atomic E-state index is 10.6. The van der Waals surface area contributed by atoms with Crippen LogP contribution in [0, 0.1) is 0 Å². The number of amides is 1. The summed E-state index contributed by atoms with van der Waals surface area (Å²) in [5, 5.41) is 0.450. The molecule has 13 heavy (non-hydrogen) atoms. The third-order valence-corrected chi connectivity index (χ3v) is 2.50. The van der Waals surface area contributed by atoms with E-state index in [1.165, 1.54) is 0 Å². The first-order valence-corrected chi connectivity index (χ1v) is 5.25. The Bertz CT molecular complexity index is 180. The van der Waals surface area contributed by atoms with E-state index in [9.17, 15) is 4.79 Å². The molecule has 0 spiro atoms. The minimum absolute atomic E-state index is 0.383. The van der Waals surface area contributed by atoms with E-state index < -0.39 is 0 Å². The molecule has 0 aliphatic carbocycles. The molecule has 0 bridgehead atoms. The average molecular weight is 201 g/mol. The summed E-state index contributed by atoms with van der Waals surface area (Å²) >= 11 is 4.42. The summed E-state index contributed by atoms with van der Waals surface area (Å²) < 4.78 is 0. The Morgan fingerprint density at radius 3 is 2.62 bits per heavy atom. The second kappa shape index (κ2) is 7.01. The topological polar surface area (TPSA) is 43.1 Å². The Balaban J connectivity index is 3.44. The highest BCUT2D eigenvalue weighted by Crippen LogP contribution is 2.14. The lowest BCUT2D eigenvalue weighted by molar-refractivity contribution is -0.114. The van der Waals surface area contributed by atoms with E-state index >= 15 is 0 Å². The predicted molar refractivity (Wildman–Crippen MR) is 59.9 cm³/mol. The zero-order valence-electron chi connectivity index (χ0n) is 8.25. The highest BCUT2D eigenvalue weighted by atomic mass is 32.1. The van der Waals surface area contributed by atoms with Crippen molar-refractivity contribution in [2.45, 2.75) is 44.3 Å². The second-order valence-corrected chi connectivity index (χ2v) is 4.03. The van der Waals surface area contributed by atoms with E-state index in [2.05, 4.69) is 26.1 Å². The highest BCUT2D eigenvalue weighted by molar-refractivity contribution is 7.80. The van der Waals surface area contributed by atoms with Crippen molar-refractivity contribution < 1.29 is 4.79 Å². The van der Waals surface area contributed by atoms with E-state index in [0.29, 0.717) is 17.2 Å². The van der Waals surface area contributed by atoms with Crippen molar-refractivity contribution in [2.24, 2.45) is 5.73 Å². The second-order valence-electron chi connectivity index (χ2n) is 3.30. The van der Waals surface area contributed by atoms with Gasteiger partial charge in [0.25, 0.3) is 0 Å². The maximum atomic E-state index is 10.6. The molecule has 0 aliphatic rings. The fraction of sp³-hybridized carbons (Fsp3) is 0.700. The molecular weight excluding hydrogens is 182 g/mol. The van der Waals surface area contributed by atoms with E-state index in [0.717, 1.165) is 25.7 Å². The average Bonchev–Trinajstić information content (AvgIpc) is 2.04. The van der Waals surface area contributed by atoms with Crippen LogP contribution in [0.1, 0.15) is 39.0 Å². The van der Waals surface area contributed by atoms with Crippen molar-refractivity contribution in [3.63, 3.8) is 0 Å². The number of primary amides is 1. The van der Waals surface area contributed by atoms with Crippen molar-refractivity contribution in [3.05, 3.63) is 12.2 Å². The summed E-state index contributed by atoms with van der Waals surface area (Å²) in [4.78, 5) is 10.6. The van der Waals surface area contributed by atoms with Crippen molar-refractivity contribution in [1.29, 1.82) is 0 Å². The van der Waals surface area contributed by atoms with Gasteiger partial charge >= 0.3 is 0 Å². The summed E-state index contributed by atoms with van der Waals surface area (Å²) in [7, 11) is 0. The molecule has 0 fully saturated rings. The molecule has 0 aromatic rings. The van der Waals surface area contributed by atoms with Crippen LogP contribution in [0.2, 0.25) is 0 Å². The Morgan fingerprint density at radius 1 is 1.54 bits per heavy atom. The molecule has 0 saturated carbocycles. The van der Waals surface area contributed by atoms with Gasteiger partial charge in [0.2, 0.25) is 5.91 Å². The smallest absolute Gasteiger partial charge is 0.244 e. The van der Waals surface area contributed by atoms with E-state index in [-0.39, 0.29) is 5.91 Å². The Kier molecular flexibility index (Phi) is 6.77. The first kappa shape index (κ1) is 12.6. The molecule has 0 aliphatic heterocycles. The van der Waals surface area contributed by atoms with Gasteiger partial charge in [0, 0.05) is 10.8 Å². The summed E-state index contributed by atoms with van der Waals surface area (Å²) in [5.41, 5.74) is 5.58. The fourth-order valence-electron chi connectivity index (χ4n) is 1.15. The molecule has 3 heteroatoms. The first-order valence-electron chi connectivity index (χ1n) is 4.73. The molecule has 0 aromatic carbocycles.